The first-order chi connectivity index (χ1) is 10.3. The van der Waals surface area contributed by atoms with E-state index in [0.29, 0.717) is 5.96 Å². The fourth-order valence-corrected chi connectivity index (χ4v) is 2.76. The molecule has 21 heavy (non-hydrogen) atoms. The minimum absolute atomic E-state index is 0.0716. The lowest BCUT2D eigenvalue weighted by Gasteiger charge is -2.29. The number of nitrogens with zero attached hydrogens (tertiary/aromatic N) is 1. The van der Waals surface area contributed by atoms with Gasteiger partial charge < -0.3 is 15.8 Å². The second kappa shape index (κ2) is 5.87. The molecule has 1 aliphatic heterocycles. The maximum Gasteiger partial charge on any atom is 0.189 e. The van der Waals surface area contributed by atoms with Gasteiger partial charge in [-0.2, -0.15) is 0 Å². The molecule has 0 aromatic heterocycles. The third kappa shape index (κ3) is 2.84. The predicted molar refractivity (Wildman–Crippen MR) is 84.3 cm³/mol. The Morgan fingerprint density at radius 1 is 1.10 bits per heavy atom. The maximum absolute atomic E-state index is 5.98. The molecule has 2 aromatic carbocycles. The first-order valence-electron chi connectivity index (χ1n) is 7.05. The largest absolute Gasteiger partial charge is 0.496 e. The normalized spacial score (nSPS) is 21.3. The van der Waals surface area contributed by atoms with Crippen LogP contribution in [0.3, 0.4) is 0 Å². The fraction of sp³-hybridized carbons (Fsp3) is 0.235. The number of aliphatic imine (C=N–C) groups is 1. The van der Waals surface area contributed by atoms with Gasteiger partial charge in [0.1, 0.15) is 5.75 Å². The Balaban J connectivity index is 1.91. The smallest absolute Gasteiger partial charge is 0.189 e. The highest BCUT2D eigenvalue weighted by molar-refractivity contribution is 5.79. The molecule has 3 rings (SSSR count). The molecule has 2 atom stereocenters. The zero-order chi connectivity index (χ0) is 14.7. The van der Waals surface area contributed by atoms with E-state index < -0.39 is 0 Å². The van der Waals surface area contributed by atoms with Crippen LogP contribution in [0.15, 0.2) is 59.6 Å². The molecular formula is C17H19N3O. The molecule has 1 heterocycles. The van der Waals surface area contributed by atoms with Crippen LogP contribution in [0.2, 0.25) is 0 Å². The summed E-state index contributed by atoms with van der Waals surface area (Å²) >= 11 is 0. The van der Waals surface area contributed by atoms with E-state index in [4.69, 9.17) is 10.5 Å². The van der Waals surface area contributed by atoms with Crippen LogP contribution in [0.1, 0.15) is 29.6 Å². The van der Waals surface area contributed by atoms with Crippen LogP contribution in [0.5, 0.6) is 5.75 Å². The molecule has 0 aliphatic carbocycles. The Morgan fingerprint density at radius 3 is 2.57 bits per heavy atom. The first-order valence-corrected chi connectivity index (χ1v) is 7.05. The lowest BCUT2D eigenvalue weighted by molar-refractivity contribution is 0.394. The molecular weight excluding hydrogens is 262 g/mol. The second-order valence-electron chi connectivity index (χ2n) is 5.12. The Kier molecular flexibility index (Phi) is 3.77. The van der Waals surface area contributed by atoms with E-state index in [1.165, 1.54) is 5.56 Å². The van der Waals surface area contributed by atoms with Crippen molar-refractivity contribution in [3.63, 3.8) is 0 Å². The number of nitrogens with two attached hydrogens (primary N) is 1. The highest BCUT2D eigenvalue weighted by Gasteiger charge is 2.26. The van der Waals surface area contributed by atoms with Gasteiger partial charge in [0.2, 0.25) is 0 Å². The molecule has 0 amide bonds. The molecule has 0 saturated carbocycles. The number of para-hydroxylation sites is 1. The summed E-state index contributed by atoms with van der Waals surface area (Å²) in [6.07, 6.45) is 0.852. The fourth-order valence-electron chi connectivity index (χ4n) is 2.76. The standard InChI is InChI=1S/C17H19N3O/c1-21-16-10-6-5-9-13(16)15-11-14(19-17(18)20-15)12-7-3-2-4-8-12/h2-10,14-15H,11H2,1H3,(H3,18,19,20). The molecule has 0 spiro atoms. The van der Waals surface area contributed by atoms with Crippen molar-refractivity contribution in [2.75, 3.05) is 7.11 Å². The number of rotatable bonds is 3. The van der Waals surface area contributed by atoms with Crippen molar-refractivity contribution in [2.45, 2.75) is 18.5 Å². The van der Waals surface area contributed by atoms with E-state index in [2.05, 4.69) is 28.5 Å². The summed E-state index contributed by atoms with van der Waals surface area (Å²) in [7, 11) is 1.69. The third-order valence-electron chi connectivity index (χ3n) is 3.77. The van der Waals surface area contributed by atoms with E-state index in [1.54, 1.807) is 7.11 Å². The van der Waals surface area contributed by atoms with Crippen molar-refractivity contribution < 1.29 is 4.74 Å². The average Bonchev–Trinajstić information content (AvgIpc) is 2.55. The van der Waals surface area contributed by atoms with Crippen molar-refractivity contribution in [2.24, 2.45) is 10.7 Å². The zero-order valence-electron chi connectivity index (χ0n) is 12.0. The van der Waals surface area contributed by atoms with E-state index >= 15 is 0 Å². The van der Waals surface area contributed by atoms with Crippen LogP contribution in [0, 0.1) is 0 Å². The van der Waals surface area contributed by atoms with Crippen LogP contribution in [0.4, 0.5) is 0 Å². The first kappa shape index (κ1) is 13.5. The maximum atomic E-state index is 5.98. The SMILES string of the molecule is COc1ccccc1C1CC(c2ccccc2)N=C(N)N1. The van der Waals surface area contributed by atoms with Gasteiger partial charge in [0.15, 0.2) is 5.96 Å². The van der Waals surface area contributed by atoms with Gasteiger partial charge in [-0.3, -0.25) is 0 Å². The Morgan fingerprint density at radius 2 is 1.81 bits per heavy atom. The molecule has 0 saturated heterocycles. The Bertz CT molecular complexity index is 639. The van der Waals surface area contributed by atoms with Crippen molar-refractivity contribution in [3.8, 4) is 5.75 Å². The summed E-state index contributed by atoms with van der Waals surface area (Å²) in [5, 5.41) is 3.25. The summed E-state index contributed by atoms with van der Waals surface area (Å²) in [6, 6.07) is 18.4. The number of hydrogen-bond donors (Lipinski definition) is 2. The monoisotopic (exact) mass is 281 g/mol. The van der Waals surface area contributed by atoms with Gasteiger partial charge in [-0.25, -0.2) is 4.99 Å². The summed E-state index contributed by atoms with van der Waals surface area (Å²) in [4.78, 5) is 4.53. The number of nitrogens with one attached hydrogen (secondary N) is 1. The number of ether oxygens (including phenoxy) is 1. The van der Waals surface area contributed by atoms with Gasteiger partial charge in [-0.1, -0.05) is 48.5 Å². The molecule has 0 radical (unpaired) electrons. The van der Waals surface area contributed by atoms with Crippen molar-refractivity contribution in [3.05, 3.63) is 65.7 Å². The minimum Gasteiger partial charge on any atom is -0.496 e. The molecule has 2 unspecified atom stereocenters. The van der Waals surface area contributed by atoms with E-state index in [-0.39, 0.29) is 12.1 Å². The van der Waals surface area contributed by atoms with Gasteiger partial charge in [-0.05, 0) is 18.1 Å². The lowest BCUT2D eigenvalue weighted by Crippen LogP contribution is -2.39. The predicted octanol–water partition coefficient (Wildman–Crippen LogP) is 2.79. The van der Waals surface area contributed by atoms with Gasteiger partial charge in [0.25, 0.3) is 0 Å². The Labute approximate surface area is 124 Å². The van der Waals surface area contributed by atoms with E-state index in [1.807, 2.05) is 36.4 Å². The lowest BCUT2D eigenvalue weighted by atomic mass is 9.93. The molecule has 0 bridgehead atoms. The van der Waals surface area contributed by atoms with Gasteiger partial charge in [-0.15, -0.1) is 0 Å². The van der Waals surface area contributed by atoms with Crippen LogP contribution in [0.25, 0.3) is 0 Å². The molecule has 1 aliphatic rings. The van der Waals surface area contributed by atoms with Gasteiger partial charge in [0, 0.05) is 5.56 Å². The molecule has 4 heteroatoms. The highest BCUT2D eigenvalue weighted by Crippen LogP contribution is 2.35. The minimum atomic E-state index is 0.0716. The van der Waals surface area contributed by atoms with E-state index in [9.17, 15) is 0 Å². The van der Waals surface area contributed by atoms with Crippen LogP contribution < -0.4 is 15.8 Å². The number of methoxy groups -OCH3 is 1. The topological polar surface area (TPSA) is 59.6 Å². The van der Waals surface area contributed by atoms with Crippen molar-refractivity contribution in [1.29, 1.82) is 0 Å². The van der Waals surface area contributed by atoms with E-state index in [0.717, 1.165) is 17.7 Å². The highest BCUT2D eigenvalue weighted by atomic mass is 16.5. The molecule has 0 fully saturated rings. The number of benzene rings is 2. The van der Waals surface area contributed by atoms with Crippen LogP contribution >= 0.6 is 0 Å². The molecule has 108 valence electrons. The summed E-state index contributed by atoms with van der Waals surface area (Å²) in [5.74, 6) is 1.35. The second-order valence-corrected chi connectivity index (χ2v) is 5.12. The van der Waals surface area contributed by atoms with Crippen LogP contribution in [-0.4, -0.2) is 13.1 Å². The molecule has 3 N–H and O–H groups in total. The third-order valence-corrected chi connectivity index (χ3v) is 3.77. The zero-order valence-corrected chi connectivity index (χ0v) is 12.0. The molecule has 4 nitrogen and oxygen atoms in total. The number of hydrogen-bond acceptors (Lipinski definition) is 4. The van der Waals surface area contributed by atoms with Crippen molar-refractivity contribution in [1.82, 2.24) is 5.32 Å². The summed E-state index contributed by atoms with van der Waals surface area (Å²) in [5.41, 5.74) is 8.27. The average molecular weight is 281 g/mol. The molecule has 2 aromatic rings. The van der Waals surface area contributed by atoms with Gasteiger partial charge in [0.05, 0.1) is 19.2 Å². The van der Waals surface area contributed by atoms with Crippen molar-refractivity contribution >= 4 is 5.96 Å². The van der Waals surface area contributed by atoms with Gasteiger partial charge >= 0.3 is 0 Å². The quantitative estimate of drug-likeness (QED) is 0.909. The Hall–Kier alpha value is -2.49. The number of guanidine groups is 1. The summed E-state index contributed by atoms with van der Waals surface area (Å²) in [6.45, 7) is 0. The summed E-state index contributed by atoms with van der Waals surface area (Å²) < 4.78 is 5.45. The van der Waals surface area contributed by atoms with Crippen LogP contribution in [-0.2, 0) is 0 Å².